The second kappa shape index (κ2) is 3.64. The Kier molecular flexibility index (Phi) is 2.29. The normalized spacial score (nSPS) is 25.3. The lowest BCUT2D eigenvalue weighted by Crippen LogP contribution is -2.37. The summed E-state index contributed by atoms with van der Waals surface area (Å²) in [6.45, 7) is 1.55. The molecule has 3 heterocycles. The Morgan fingerprint density at radius 3 is 3.27 bits per heavy atom. The largest absolute Gasteiger partial charge is 0.290 e. The molecule has 78 valence electrons. The van der Waals surface area contributed by atoms with E-state index < -0.39 is 0 Å². The van der Waals surface area contributed by atoms with Gasteiger partial charge in [-0.05, 0) is 11.4 Å². The van der Waals surface area contributed by atoms with Crippen molar-refractivity contribution in [2.75, 3.05) is 13.1 Å². The number of hydrogen-bond acceptors (Lipinski definition) is 4. The van der Waals surface area contributed by atoms with Gasteiger partial charge in [0.15, 0.2) is 5.17 Å². The maximum atomic E-state index is 11.8. The van der Waals surface area contributed by atoms with Crippen LogP contribution in [0.3, 0.4) is 0 Å². The third-order valence-corrected chi connectivity index (χ3v) is 4.97. The van der Waals surface area contributed by atoms with E-state index in [0.29, 0.717) is 6.42 Å². The molecule has 0 spiro atoms. The standard InChI is InChI=1S/C10H10N2OS2/c13-9-6-8(7-2-1-5-14-7)15-10-11-3-4-12(9)10/h1-2,5,8H,3-4,6H2. The summed E-state index contributed by atoms with van der Waals surface area (Å²) >= 11 is 3.45. The van der Waals surface area contributed by atoms with Crippen LogP contribution in [0.1, 0.15) is 16.5 Å². The predicted molar refractivity (Wildman–Crippen MR) is 63.3 cm³/mol. The molecule has 3 rings (SSSR count). The lowest BCUT2D eigenvalue weighted by molar-refractivity contribution is -0.127. The number of amides is 1. The Morgan fingerprint density at radius 2 is 2.47 bits per heavy atom. The van der Waals surface area contributed by atoms with E-state index in [1.54, 1.807) is 23.1 Å². The first-order valence-corrected chi connectivity index (χ1v) is 6.65. The number of aliphatic imine (C=N–C) groups is 1. The van der Waals surface area contributed by atoms with E-state index in [9.17, 15) is 4.79 Å². The fourth-order valence-corrected chi connectivity index (χ4v) is 4.01. The van der Waals surface area contributed by atoms with Gasteiger partial charge in [-0.3, -0.25) is 14.7 Å². The van der Waals surface area contributed by atoms with Crippen LogP contribution in [0.2, 0.25) is 0 Å². The van der Waals surface area contributed by atoms with Crippen molar-refractivity contribution in [1.29, 1.82) is 0 Å². The van der Waals surface area contributed by atoms with Crippen molar-refractivity contribution in [1.82, 2.24) is 4.90 Å². The predicted octanol–water partition coefficient (Wildman–Crippen LogP) is 2.12. The second-order valence-corrected chi connectivity index (χ2v) is 5.68. The highest BCUT2D eigenvalue weighted by Crippen LogP contribution is 2.41. The highest BCUT2D eigenvalue weighted by Gasteiger charge is 2.34. The van der Waals surface area contributed by atoms with Crippen molar-refractivity contribution in [3.63, 3.8) is 0 Å². The molecule has 1 unspecified atom stereocenters. The van der Waals surface area contributed by atoms with Crippen LogP contribution in [0.15, 0.2) is 22.5 Å². The highest BCUT2D eigenvalue weighted by molar-refractivity contribution is 8.14. The summed E-state index contributed by atoms with van der Waals surface area (Å²) in [6, 6.07) is 4.13. The molecular formula is C10H10N2OS2. The van der Waals surface area contributed by atoms with E-state index in [1.165, 1.54) is 4.88 Å². The van der Waals surface area contributed by atoms with Crippen molar-refractivity contribution in [2.24, 2.45) is 4.99 Å². The number of rotatable bonds is 1. The smallest absolute Gasteiger partial charge is 0.230 e. The van der Waals surface area contributed by atoms with E-state index in [1.807, 2.05) is 11.0 Å². The van der Waals surface area contributed by atoms with Crippen LogP contribution in [0.5, 0.6) is 0 Å². The van der Waals surface area contributed by atoms with Gasteiger partial charge in [-0.1, -0.05) is 17.8 Å². The van der Waals surface area contributed by atoms with Gasteiger partial charge in [0.05, 0.1) is 11.8 Å². The molecule has 3 nitrogen and oxygen atoms in total. The van der Waals surface area contributed by atoms with Gasteiger partial charge in [0, 0.05) is 17.8 Å². The van der Waals surface area contributed by atoms with Crippen LogP contribution in [-0.2, 0) is 4.79 Å². The maximum absolute atomic E-state index is 11.8. The molecular weight excluding hydrogens is 228 g/mol. The van der Waals surface area contributed by atoms with Gasteiger partial charge in [0.1, 0.15) is 0 Å². The number of thiophene rings is 1. The number of nitrogens with zero attached hydrogens (tertiary/aromatic N) is 2. The van der Waals surface area contributed by atoms with Crippen molar-refractivity contribution >= 4 is 34.2 Å². The van der Waals surface area contributed by atoms with Gasteiger partial charge in [-0.15, -0.1) is 11.3 Å². The minimum absolute atomic E-state index is 0.225. The number of fused-ring (bicyclic) bond motifs is 1. The lowest BCUT2D eigenvalue weighted by Gasteiger charge is -2.27. The van der Waals surface area contributed by atoms with Crippen LogP contribution >= 0.6 is 23.1 Å². The topological polar surface area (TPSA) is 32.7 Å². The quantitative estimate of drug-likeness (QED) is 0.750. The summed E-state index contributed by atoms with van der Waals surface area (Å²) in [6.07, 6.45) is 0.615. The summed E-state index contributed by atoms with van der Waals surface area (Å²) < 4.78 is 0. The summed E-state index contributed by atoms with van der Waals surface area (Å²) in [7, 11) is 0. The van der Waals surface area contributed by atoms with Gasteiger partial charge in [-0.2, -0.15) is 0 Å². The SMILES string of the molecule is O=C1CC(c2cccs2)SC2=NCCN12. The Bertz CT molecular complexity index is 413. The second-order valence-electron chi connectivity index (χ2n) is 3.54. The summed E-state index contributed by atoms with van der Waals surface area (Å²) in [5.74, 6) is 0.225. The zero-order chi connectivity index (χ0) is 10.3. The maximum Gasteiger partial charge on any atom is 0.230 e. The van der Waals surface area contributed by atoms with Crippen LogP contribution in [0.4, 0.5) is 0 Å². The van der Waals surface area contributed by atoms with E-state index in [0.717, 1.165) is 18.3 Å². The zero-order valence-electron chi connectivity index (χ0n) is 8.05. The summed E-state index contributed by atoms with van der Waals surface area (Å²) in [5, 5.41) is 3.26. The number of amidine groups is 1. The summed E-state index contributed by atoms with van der Waals surface area (Å²) in [4.78, 5) is 19.3. The molecule has 0 N–H and O–H groups in total. The summed E-state index contributed by atoms with van der Waals surface area (Å²) in [5.41, 5.74) is 0. The van der Waals surface area contributed by atoms with E-state index in [-0.39, 0.29) is 11.2 Å². The molecule has 1 atom stereocenters. The van der Waals surface area contributed by atoms with E-state index in [2.05, 4.69) is 16.4 Å². The molecule has 2 aliphatic heterocycles. The number of carbonyl (C=O) groups is 1. The fraction of sp³-hybridized carbons (Fsp3) is 0.400. The molecule has 0 aromatic carbocycles. The molecule has 0 radical (unpaired) electrons. The molecule has 15 heavy (non-hydrogen) atoms. The van der Waals surface area contributed by atoms with E-state index in [4.69, 9.17) is 0 Å². The minimum Gasteiger partial charge on any atom is -0.290 e. The Balaban J connectivity index is 1.86. The molecule has 1 fully saturated rings. The Hall–Kier alpha value is -0.810. The van der Waals surface area contributed by atoms with Crippen LogP contribution in [0, 0.1) is 0 Å². The monoisotopic (exact) mass is 238 g/mol. The lowest BCUT2D eigenvalue weighted by atomic mass is 10.2. The van der Waals surface area contributed by atoms with Crippen molar-refractivity contribution in [3.05, 3.63) is 22.4 Å². The molecule has 1 aromatic rings. The van der Waals surface area contributed by atoms with Crippen LogP contribution in [-0.4, -0.2) is 29.1 Å². The Morgan fingerprint density at radius 1 is 1.53 bits per heavy atom. The molecule has 1 saturated heterocycles. The van der Waals surface area contributed by atoms with Gasteiger partial charge in [0.25, 0.3) is 0 Å². The molecule has 0 saturated carbocycles. The highest BCUT2D eigenvalue weighted by atomic mass is 32.2. The van der Waals surface area contributed by atoms with Crippen LogP contribution < -0.4 is 0 Å². The average molecular weight is 238 g/mol. The fourth-order valence-electron chi connectivity index (χ4n) is 1.83. The first kappa shape index (κ1) is 9.42. The third-order valence-electron chi connectivity index (χ3n) is 2.57. The first-order chi connectivity index (χ1) is 7.34. The van der Waals surface area contributed by atoms with Crippen molar-refractivity contribution < 1.29 is 4.79 Å². The third kappa shape index (κ3) is 1.59. The molecule has 1 aromatic heterocycles. The van der Waals surface area contributed by atoms with Gasteiger partial charge < -0.3 is 0 Å². The Labute approximate surface area is 96.2 Å². The van der Waals surface area contributed by atoms with Gasteiger partial charge in [0.2, 0.25) is 5.91 Å². The van der Waals surface area contributed by atoms with Crippen molar-refractivity contribution in [2.45, 2.75) is 11.7 Å². The van der Waals surface area contributed by atoms with Crippen molar-refractivity contribution in [3.8, 4) is 0 Å². The van der Waals surface area contributed by atoms with Gasteiger partial charge >= 0.3 is 0 Å². The first-order valence-electron chi connectivity index (χ1n) is 4.89. The molecule has 0 aliphatic carbocycles. The molecule has 1 amide bonds. The molecule has 0 bridgehead atoms. The minimum atomic E-state index is 0.225. The zero-order valence-corrected chi connectivity index (χ0v) is 9.68. The molecule has 2 aliphatic rings. The van der Waals surface area contributed by atoms with E-state index >= 15 is 0 Å². The number of hydrogen-bond donors (Lipinski definition) is 0. The van der Waals surface area contributed by atoms with Gasteiger partial charge in [-0.25, -0.2) is 0 Å². The number of thioether (sulfide) groups is 1. The van der Waals surface area contributed by atoms with Crippen LogP contribution in [0.25, 0.3) is 0 Å². The number of carbonyl (C=O) groups excluding carboxylic acids is 1. The molecule has 5 heteroatoms. The average Bonchev–Trinajstić information content (AvgIpc) is 2.88.